The van der Waals surface area contributed by atoms with Crippen molar-refractivity contribution in [1.29, 1.82) is 0 Å². The van der Waals surface area contributed by atoms with E-state index in [4.69, 9.17) is 0 Å². The molecule has 6 heteroatoms. The lowest BCUT2D eigenvalue weighted by Crippen LogP contribution is -2.49. The van der Waals surface area contributed by atoms with Gasteiger partial charge in [0.05, 0.1) is 5.41 Å². The molecule has 0 aromatic heterocycles. The van der Waals surface area contributed by atoms with E-state index in [1.165, 1.54) is 6.42 Å². The van der Waals surface area contributed by atoms with Crippen molar-refractivity contribution in [3.05, 3.63) is 0 Å². The number of hydrogen-bond donors (Lipinski definition) is 3. The summed E-state index contributed by atoms with van der Waals surface area (Å²) in [5.41, 5.74) is -0.764. The molecular weight excluding hydrogens is 270 g/mol. The average molecular weight is 297 g/mol. The molecule has 0 radical (unpaired) electrons. The molecule has 0 spiro atoms. The van der Waals surface area contributed by atoms with Crippen LogP contribution in [-0.2, 0) is 4.79 Å². The SMILES string of the molecule is CN1CCCC1CNC(=O)NCC1(C(=O)O)CCCCC1. The van der Waals surface area contributed by atoms with Crippen molar-refractivity contribution in [1.82, 2.24) is 15.5 Å². The maximum Gasteiger partial charge on any atom is 0.314 e. The summed E-state index contributed by atoms with van der Waals surface area (Å²) in [5.74, 6) is -0.780. The predicted molar refractivity (Wildman–Crippen MR) is 80.2 cm³/mol. The number of carboxylic acid groups (broad SMARTS) is 1. The number of nitrogens with one attached hydrogen (secondary N) is 2. The third-order valence-electron chi connectivity index (χ3n) is 5.02. The number of likely N-dealkylation sites (N-methyl/N-ethyl adjacent to an activating group) is 1. The zero-order chi connectivity index (χ0) is 15.3. The van der Waals surface area contributed by atoms with Crippen LogP contribution in [-0.4, -0.2) is 54.7 Å². The Hall–Kier alpha value is -1.30. The van der Waals surface area contributed by atoms with Gasteiger partial charge in [-0.15, -0.1) is 0 Å². The number of carbonyl (C=O) groups is 2. The van der Waals surface area contributed by atoms with E-state index in [9.17, 15) is 14.7 Å². The number of likely N-dealkylation sites (tertiary alicyclic amines) is 1. The molecule has 0 aromatic carbocycles. The zero-order valence-electron chi connectivity index (χ0n) is 12.9. The van der Waals surface area contributed by atoms with Crippen LogP contribution in [0.3, 0.4) is 0 Å². The molecule has 21 heavy (non-hydrogen) atoms. The van der Waals surface area contributed by atoms with E-state index in [1.54, 1.807) is 0 Å². The molecule has 6 nitrogen and oxygen atoms in total. The van der Waals surface area contributed by atoms with Crippen molar-refractivity contribution in [2.75, 3.05) is 26.7 Å². The minimum atomic E-state index is -0.780. The van der Waals surface area contributed by atoms with Crippen LogP contribution in [0, 0.1) is 5.41 Å². The van der Waals surface area contributed by atoms with Crippen molar-refractivity contribution in [3.63, 3.8) is 0 Å². The summed E-state index contributed by atoms with van der Waals surface area (Å²) < 4.78 is 0. The fraction of sp³-hybridized carbons (Fsp3) is 0.867. The maximum absolute atomic E-state index is 11.9. The molecule has 1 atom stereocenters. The van der Waals surface area contributed by atoms with Gasteiger partial charge in [0.1, 0.15) is 0 Å². The standard InChI is InChI=1S/C15H27N3O3/c1-18-9-5-6-12(18)10-16-14(21)17-11-15(13(19)20)7-3-2-4-8-15/h12H,2-11H2,1H3,(H,19,20)(H2,16,17,21). The number of amides is 2. The highest BCUT2D eigenvalue weighted by molar-refractivity contribution is 5.78. The van der Waals surface area contributed by atoms with E-state index >= 15 is 0 Å². The Labute approximate surface area is 126 Å². The topological polar surface area (TPSA) is 81.7 Å². The number of rotatable bonds is 5. The number of carboxylic acids is 1. The van der Waals surface area contributed by atoms with Gasteiger partial charge in [-0.1, -0.05) is 19.3 Å². The van der Waals surface area contributed by atoms with E-state index in [0.29, 0.717) is 25.4 Å². The molecule has 0 aromatic rings. The first kappa shape index (κ1) is 16.1. The molecule has 2 fully saturated rings. The Kier molecular flexibility index (Phi) is 5.45. The van der Waals surface area contributed by atoms with Crippen LogP contribution in [0.5, 0.6) is 0 Å². The summed E-state index contributed by atoms with van der Waals surface area (Å²) in [6, 6.07) is 0.153. The Balaban J connectivity index is 1.75. The molecule has 3 N–H and O–H groups in total. The van der Waals surface area contributed by atoms with Gasteiger partial charge in [-0.25, -0.2) is 4.79 Å². The number of nitrogens with zero attached hydrogens (tertiary/aromatic N) is 1. The molecule has 1 unspecified atom stereocenters. The van der Waals surface area contributed by atoms with Crippen LogP contribution >= 0.6 is 0 Å². The number of aliphatic carboxylic acids is 1. The second-order valence-electron chi connectivity index (χ2n) is 6.49. The summed E-state index contributed by atoms with van der Waals surface area (Å²) in [7, 11) is 2.07. The van der Waals surface area contributed by atoms with Gasteiger partial charge in [-0.05, 0) is 39.3 Å². The summed E-state index contributed by atoms with van der Waals surface area (Å²) in [5, 5.41) is 15.1. The van der Waals surface area contributed by atoms with E-state index in [1.807, 2.05) is 0 Å². The van der Waals surface area contributed by atoms with Crippen LogP contribution in [0.4, 0.5) is 4.79 Å². The molecule has 1 saturated heterocycles. The lowest BCUT2D eigenvalue weighted by Gasteiger charge is -2.33. The molecule has 2 rings (SSSR count). The average Bonchev–Trinajstić information content (AvgIpc) is 2.89. The molecule has 2 aliphatic rings. The molecule has 1 aliphatic carbocycles. The highest BCUT2D eigenvalue weighted by atomic mass is 16.4. The molecular formula is C15H27N3O3. The highest BCUT2D eigenvalue weighted by Gasteiger charge is 2.39. The molecule has 0 bridgehead atoms. The van der Waals surface area contributed by atoms with Crippen LogP contribution in [0.2, 0.25) is 0 Å². The maximum atomic E-state index is 11.9. The lowest BCUT2D eigenvalue weighted by atomic mass is 9.74. The Morgan fingerprint density at radius 2 is 1.90 bits per heavy atom. The van der Waals surface area contributed by atoms with Crippen LogP contribution < -0.4 is 10.6 Å². The van der Waals surface area contributed by atoms with Crippen LogP contribution in [0.1, 0.15) is 44.9 Å². The van der Waals surface area contributed by atoms with Crippen molar-refractivity contribution in [2.45, 2.75) is 51.0 Å². The van der Waals surface area contributed by atoms with Crippen molar-refractivity contribution in [3.8, 4) is 0 Å². The Morgan fingerprint density at radius 1 is 1.19 bits per heavy atom. The van der Waals surface area contributed by atoms with Gasteiger partial charge in [0.25, 0.3) is 0 Å². The van der Waals surface area contributed by atoms with Crippen molar-refractivity contribution >= 4 is 12.0 Å². The third-order valence-corrected chi connectivity index (χ3v) is 5.02. The van der Waals surface area contributed by atoms with Gasteiger partial charge in [0, 0.05) is 19.1 Å². The Bertz CT molecular complexity index is 380. The van der Waals surface area contributed by atoms with Gasteiger partial charge in [-0.2, -0.15) is 0 Å². The zero-order valence-corrected chi connectivity index (χ0v) is 12.9. The molecule has 2 amide bonds. The van der Waals surface area contributed by atoms with E-state index in [-0.39, 0.29) is 12.6 Å². The first-order chi connectivity index (χ1) is 10.0. The third kappa shape index (κ3) is 4.09. The largest absolute Gasteiger partial charge is 0.481 e. The van der Waals surface area contributed by atoms with Gasteiger partial charge >= 0.3 is 12.0 Å². The van der Waals surface area contributed by atoms with E-state index in [0.717, 1.165) is 32.2 Å². The summed E-state index contributed by atoms with van der Waals surface area (Å²) in [4.78, 5) is 25.7. The number of carbonyl (C=O) groups excluding carboxylic acids is 1. The van der Waals surface area contributed by atoms with E-state index in [2.05, 4.69) is 22.6 Å². The van der Waals surface area contributed by atoms with Gasteiger partial charge in [0.2, 0.25) is 0 Å². The first-order valence-electron chi connectivity index (χ1n) is 7.99. The van der Waals surface area contributed by atoms with Crippen LogP contribution in [0.25, 0.3) is 0 Å². The summed E-state index contributed by atoms with van der Waals surface area (Å²) in [6.07, 6.45) is 6.56. The minimum absolute atomic E-state index is 0.231. The monoisotopic (exact) mass is 297 g/mol. The van der Waals surface area contributed by atoms with Crippen molar-refractivity contribution < 1.29 is 14.7 Å². The highest BCUT2D eigenvalue weighted by Crippen LogP contribution is 2.35. The predicted octanol–water partition coefficient (Wildman–Crippen LogP) is 1.41. The summed E-state index contributed by atoms with van der Waals surface area (Å²) >= 11 is 0. The Morgan fingerprint density at radius 3 is 2.48 bits per heavy atom. The molecule has 1 aliphatic heterocycles. The fourth-order valence-electron chi connectivity index (χ4n) is 3.45. The lowest BCUT2D eigenvalue weighted by molar-refractivity contribution is -0.150. The van der Waals surface area contributed by atoms with Gasteiger partial charge in [-0.3, -0.25) is 4.79 Å². The molecule has 1 heterocycles. The van der Waals surface area contributed by atoms with Crippen LogP contribution in [0.15, 0.2) is 0 Å². The quantitative estimate of drug-likeness (QED) is 0.717. The number of hydrogen-bond acceptors (Lipinski definition) is 3. The first-order valence-corrected chi connectivity index (χ1v) is 7.99. The normalized spacial score (nSPS) is 25.5. The van der Waals surface area contributed by atoms with E-state index < -0.39 is 11.4 Å². The second-order valence-corrected chi connectivity index (χ2v) is 6.49. The number of urea groups is 1. The van der Waals surface area contributed by atoms with Gasteiger partial charge in [0.15, 0.2) is 0 Å². The minimum Gasteiger partial charge on any atom is -0.481 e. The summed E-state index contributed by atoms with van der Waals surface area (Å²) in [6.45, 7) is 1.94. The fourth-order valence-corrected chi connectivity index (χ4v) is 3.45. The smallest absolute Gasteiger partial charge is 0.314 e. The second kappa shape index (κ2) is 7.11. The van der Waals surface area contributed by atoms with Crippen molar-refractivity contribution in [2.24, 2.45) is 5.41 Å². The molecule has 1 saturated carbocycles. The van der Waals surface area contributed by atoms with Gasteiger partial charge < -0.3 is 20.6 Å². The molecule has 120 valence electrons.